The monoisotopic (exact) mass is 355 g/mol. The van der Waals surface area contributed by atoms with Gasteiger partial charge in [0.1, 0.15) is 0 Å². The fourth-order valence-electron chi connectivity index (χ4n) is 2.07. The van der Waals surface area contributed by atoms with Gasteiger partial charge in [0.15, 0.2) is 0 Å². The minimum Gasteiger partial charge on any atom is -0.347 e. The van der Waals surface area contributed by atoms with Crippen molar-refractivity contribution in [2.45, 2.75) is 20.3 Å². The van der Waals surface area contributed by atoms with Crippen LogP contribution >= 0.6 is 11.6 Å². The molecule has 0 fully saturated rings. The number of carbonyl (C=O) groups excluding carboxylic acids is 1. The van der Waals surface area contributed by atoms with Crippen molar-refractivity contribution in [2.75, 3.05) is 6.54 Å². The molecule has 0 aliphatic carbocycles. The summed E-state index contributed by atoms with van der Waals surface area (Å²) in [5.41, 5.74) is 0.727. The van der Waals surface area contributed by atoms with E-state index in [-0.39, 0.29) is 50.1 Å². The van der Waals surface area contributed by atoms with Crippen LogP contribution in [0.5, 0.6) is 0 Å². The van der Waals surface area contributed by atoms with Crippen molar-refractivity contribution >= 4 is 23.2 Å². The number of amides is 1. The number of hydrogen-bond donors (Lipinski definition) is 0. The van der Waals surface area contributed by atoms with Crippen LogP contribution < -0.4 is 0 Å². The molecule has 0 saturated heterocycles. The molecule has 1 aromatic rings. The van der Waals surface area contributed by atoms with Crippen LogP contribution in [0.25, 0.3) is 5.70 Å². The van der Waals surface area contributed by atoms with Gasteiger partial charge in [-0.25, -0.2) is 10.5 Å². The molecule has 1 radical (unpaired) electrons. The van der Waals surface area contributed by atoms with Gasteiger partial charge < -0.3 is 4.90 Å². The van der Waals surface area contributed by atoms with Gasteiger partial charge in [0.25, 0.3) is 0 Å². The third-order valence-corrected chi connectivity index (χ3v) is 3.36. The minimum absolute atomic E-state index is 0. The first-order valence-corrected chi connectivity index (χ1v) is 6.30. The van der Waals surface area contributed by atoms with E-state index in [0.717, 1.165) is 0 Å². The van der Waals surface area contributed by atoms with Gasteiger partial charge in [-0.3, -0.25) is 4.79 Å². The van der Waals surface area contributed by atoms with Crippen LogP contribution in [0.15, 0.2) is 18.2 Å². The second kappa shape index (κ2) is 6.96. The molecule has 0 spiro atoms. The van der Waals surface area contributed by atoms with E-state index in [1.54, 1.807) is 17.0 Å². The summed E-state index contributed by atoms with van der Waals surface area (Å²) >= 11 is 6.03. The normalized spacial score (nSPS) is 18.9. The molecule has 0 saturated carbocycles. The van der Waals surface area contributed by atoms with E-state index in [4.69, 9.17) is 11.6 Å². The van der Waals surface area contributed by atoms with Crippen LogP contribution in [-0.4, -0.2) is 17.4 Å². The zero-order valence-electron chi connectivity index (χ0n) is 10.9. The van der Waals surface area contributed by atoms with Gasteiger partial charge in [-0.2, -0.15) is 0 Å². The third-order valence-electron chi connectivity index (χ3n) is 3.05. The van der Waals surface area contributed by atoms with E-state index < -0.39 is 5.82 Å². The molecule has 1 unspecified atom stereocenters. The summed E-state index contributed by atoms with van der Waals surface area (Å²) in [6.45, 7) is 4.18. The molecule has 0 N–H and O–H groups in total. The average molecular weight is 356 g/mol. The van der Waals surface area contributed by atoms with E-state index in [9.17, 15) is 9.18 Å². The first-order chi connectivity index (χ1) is 8.56. The number of rotatable bonds is 2. The van der Waals surface area contributed by atoms with E-state index in [1.165, 1.54) is 6.07 Å². The zero-order valence-corrected chi connectivity index (χ0v) is 14.5. The van der Waals surface area contributed by atoms with Gasteiger partial charge in [-0.05, 0) is 18.0 Å². The Hall–Kier alpha value is -0.246. The van der Waals surface area contributed by atoms with Crippen LogP contribution in [0.1, 0.15) is 25.8 Å². The molecule has 2 rings (SSSR count). The number of carbonyl (C=O) groups is 1. The SMILES string of the molecule is CCN1C(=O)C(C)C[C-]=C1c1c(F)cccc1Cl.[Y]. The Bertz CT molecular complexity index is 498. The maximum absolute atomic E-state index is 13.9. The van der Waals surface area contributed by atoms with Crippen molar-refractivity contribution in [1.82, 2.24) is 4.90 Å². The molecule has 1 amide bonds. The van der Waals surface area contributed by atoms with E-state index in [0.29, 0.717) is 23.7 Å². The number of benzene rings is 1. The van der Waals surface area contributed by atoms with Gasteiger partial charge >= 0.3 is 0 Å². The Kier molecular flexibility index (Phi) is 6.16. The summed E-state index contributed by atoms with van der Waals surface area (Å²) in [5, 5.41) is 0.304. The molecule has 1 aromatic carbocycles. The van der Waals surface area contributed by atoms with Crippen molar-refractivity contribution in [2.24, 2.45) is 5.92 Å². The third kappa shape index (κ3) is 3.26. The standard InChI is InChI=1S/C14H14ClFNO.Y/c1-3-17-12(8-7-9(2)14(17)18)13-10(15)5-4-6-11(13)16;/h4-6,9H,3,7H2,1-2H3;/q-1;. The predicted octanol–water partition coefficient (Wildman–Crippen LogP) is 3.51. The summed E-state index contributed by atoms with van der Waals surface area (Å²) < 4.78 is 13.9. The molecule has 0 aromatic heterocycles. The smallest absolute Gasteiger partial charge is 0.225 e. The largest absolute Gasteiger partial charge is 0.347 e. The molecule has 2 nitrogen and oxygen atoms in total. The van der Waals surface area contributed by atoms with Crippen LogP contribution in [0, 0.1) is 17.8 Å². The molecule has 1 aliphatic heterocycles. The summed E-state index contributed by atoms with van der Waals surface area (Å²) in [6.07, 6.45) is 3.59. The number of nitrogens with zero attached hydrogens (tertiary/aromatic N) is 1. The number of hydrogen-bond acceptors (Lipinski definition) is 1. The summed E-state index contributed by atoms with van der Waals surface area (Å²) in [4.78, 5) is 13.6. The quantitative estimate of drug-likeness (QED) is 0.744. The van der Waals surface area contributed by atoms with Crippen molar-refractivity contribution in [1.29, 1.82) is 0 Å². The molecule has 19 heavy (non-hydrogen) atoms. The van der Waals surface area contributed by atoms with Gasteiger partial charge in [0.05, 0.1) is 5.82 Å². The molecular weight excluding hydrogens is 342 g/mol. The minimum atomic E-state index is -0.425. The molecule has 1 aliphatic rings. The van der Waals surface area contributed by atoms with E-state index in [1.807, 2.05) is 13.8 Å². The average Bonchev–Trinajstić information content (AvgIpc) is 2.33. The fourth-order valence-corrected chi connectivity index (χ4v) is 2.32. The van der Waals surface area contributed by atoms with Crippen LogP contribution in [-0.2, 0) is 37.5 Å². The Balaban J connectivity index is 0.00000180. The van der Waals surface area contributed by atoms with Crippen molar-refractivity contribution < 1.29 is 41.9 Å². The predicted molar refractivity (Wildman–Crippen MR) is 69.2 cm³/mol. The maximum Gasteiger partial charge on any atom is 0.225 e. The summed E-state index contributed by atoms with van der Waals surface area (Å²) in [5.74, 6) is -0.546. The van der Waals surface area contributed by atoms with E-state index >= 15 is 0 Å². The number of allylic oxidation sites excluding steroid dienone is 1. The Morgan fingerprint density at radius 3 is 2.79 bits per heavy atom. The first kappa shape index (κ1) is 16.8. The van der Waals surface area contributed by atoms with Gasteiger partial charge in [-0.15, -0.1) is 17.3 Å². The summed E-state index contributed by atoms with van der Waals surface area (Å²) in [7, 11) is 0. The van der Waals surface area contributed by atoms with Crippen LogP contribution in [0.2, 0.25) is 5.02 Å². The van der Waals surface area contributed by atoms with Crippen molar-refractivity contribution in [3.63, 3.8) is 0 Å². The number of halogens is 2. The van der Waals surface area contributed by atoms with Gasteiger partial charge in [0.2, 0.25) is 5.91 Å². The first-order valence-electron chi connectivity index (χ1n) is 5.92. The Labute approximate surface area is 142 Å². The van der Waals surface area contributed by atoms with Crippen LogP contribution in [0.3, 0.4) is 0 Å². The van der Waals surface area contributed by atoms with Gasteiger partial charge in [-0.1, -0.05) is 31.0 Å². The van der Waals surface area contributed by atoms with E-state index in [2.05, 4.69) is 6.08 Å². The topological polar surface area (TPSA) is 20.3 Å². The molecule has 1 heterocycles. The molecule has 5 heteroatoms. The van der Waals surface area contributed by atoms with Gasteiger partial charge in [0, 0.05) is 45.2 Å². The molecule has 0 bridgehead atoms. The molecule has 99 valence electrons. The Morgan fingerprint density at radius 1 is 1.53 bits per heavy atom. The second-order valence-corrected chi connectivity index (χ2v) is 4.72. The summed E-state index contributed by atoms with van der Waals surface area (Å²) in [6, 6.07) is 4.50. The van der Waals surface area contributed by atoms with Crippen molar-refractivity contribution in [3.8, 4) is 0 Å². The molecule has 1 atom stereocenters. The van der Waals surface area contributed by atoms with Crippen LogP contribution in [0.4, 0.5) is 4.39 Å². The van der Waals surface area contributed by atoms with Crippen molar-refractivity contribution in [3.05, 3.63) is 40.7 Å². The maximum atomic E-state index is 13.9. The molecular formula is C14H14ClFNOY-. The Morgan fingerprint density at radius 2 is 2.21 bits per heavy atom. The zero-order chi connectivity index (χ0) is 13.3. The fraction of sp³-hybridized carbons (Fsp3) is 0.357. The second-order valence-electron chi connectivity index (χ2n) is 4.31.